The molecule has 0 radical (unpaired) electrons. The summed E-state index contributed by atoms with van der Waals surface area (Å²) in [6.45, 7) is 0. The number of hydrogen-bond acceptors (Lipinski definition) is 3. The van der Waals surface area contributed by atoms with Crippen molar-refractivity contribution in [3.8, 4) is 5.75 Å². The third kappa shape index (κ3) is 1.84. The minimum Gasteiger partial charge on any atom is -0.494 e. The molecule has 0 bridgehead atoms. The number of hydrogen-bond donors (Lipinski definition) is 1. The summed E-state index contributed by atoms with van der Waals surface area (Å²) in [5.74, 6) is -1.70. The van der Waals surface area contributed by atoms with Crippen molar-refractivity contribution in [2.45, 2.75) is 18.9 Å². The molecular formula is C14H12FNO4. The topological polar surface area (TPSA) is 68.5 Å². The number of nitrogens with zero attached hydrogens (tertiary/aromatic N) is 1. The van der Waals surface area contributed by atoms with Gasteiger partial charge in [-0.15, -0.1) is 0 Å². The van der Waals surface area contributed by atoms with E-state index in [2.05, 4.69) is 0 Å². The van der Waals surface area contributed by atoms with Crippen molar-refractivity contribution in [1.29, 1.82) is 0 Å². The molecule has 1 saturated carbocycles. The van der Waals surface area contributed by atoms with E-state index in [1.54, 1.807) is 4.57 Å². The average Bonchev–Trinajstić information content (AvgIpc) is 3.22. The first kappa shape index (κ1) is 12.7. The fourth-order valence-electron chi connectivity index (χ4n) is 2.37. The van der Waals surface area contributed by atoms with Crippen molar-refractivity contribution >= 4 is 16.9 Å². The zero-order valence-electron chi connectivity index (χ0n) is 10.7. The molecule has 2 aromatic rings. The molecule has 1 aromatic carbocycles. The molecule has 104 valence electrons. The lowest BCUT2D eigenvalue weighted by Gasteiger charge is -2.14. The van der Waals surface area contributed by atoms with Gasteiger partial charge >= 0.3 is 5.97 Å². The maximum Gasteiger partial charge on any atom is 0.341 e. The molecule has 0 spiro atoms. The van der Waals surface area contributed by atoms with Crippen LogP contribution in [0.5, 0.6) is 5.75 Å². The molecule has 0 aliphatic heterocycles. The molecule has 6 heteroatoms. The van der Waals surface area contributed by atoms with Crippen LogP contribution in [-0.2, 0) is 0 Å². The molecule has 0 unspecified atom stereocenters. The lowest BCUT2D eigenvalue weighted by Crippen LogP contribution is -2.19. The van der Waals surface area contributed by atoms with Gasteiger partial charge in [-0.25, -0.2) is 9.18 Å². The van der Waals surface area contributed by atoms with Gasteiger partial charge < -0.3 is 14.4 Å². The molecule has 5 nitrogen and oxygen atoms in total. The van der Waals surface area contributed by atoms with E-state index in [0.717, 1.165) is 18.9 Å². The van der Waals surface area contributed by atoms with Crippen LogP contribution < -0.4 is 10.2 Å². The Morgan fingerprint density at radius 3 is 2.70 bits per heavy atom. The first-order valence-electron chi connectivity index (χ1n) is 6.18. The Labute approximate surface area is 113 Å². The van der Waals surface area contributed by atoms with Gasteiger partial charge in [0.15, 0.2) is 0 Å². The van der Waals surface area contributed by atoms with Crippen LogP contribution in [-0.4, -0.2) is 22.8 Å². The Balaban J connectivity index is 2.48. The maximum absolute atomic E-state index is 13.6. The number of rotatable bonds is 3. The van der Waals surface area contributed by atoms with E-state index >= 15 is 0 Å². The highest BCUT2D eigenvalue weighted by atomic mass is 19.1. The Morgan fingerprint density at radius 1 is 1.45 bits per heavy atom. The molecule has 1 aliphatic rings. The smallest absolute Gasteiger partial charge is 0.341 e. The lowest BCUT2D eigenvalue weighted by atomic mass is 10.1. The zero-order chi connectivity index (χ0) is 14.4. The summed E-state index contributed by atoms with van der Waals surface area (Å²) in [6, 6.07) is 2.39. The van der Waals surface area contributed by atoms with Crippen molar-refractivity contribution < 1.29 is 19.0 Å². The second-order valence-electron chi connectivity index (χ2n) is 4.82. The predicted molar refractivity (Wildman–Crippen MR) is 69.9 cm³/mol. The van der Waals surface area contributed by atoms with Gasteiger partial charge in [0.25, 0.3) is 0 Å². The standard InChI is InChI=1S/C14H12FNO4/c1-20-11-5-7(15)4-9-12(11)16(8-2-3-8)6-10(13(9)17)14(18)19/h4-6,8H,2-3H2,1H3,(H,18,19). The zero-order valence-corrected chi connectivity index (χ0v) is 10.7. The van der Waals surface area contributed by atoms with Gasteiger partial charge in [0.05, 0.1) is 18.0 Å². The second kappa shape index (κ2) is 4.33. The molecule has 0 amide bonds. The Hall–Kier alpha value is -2.37. The minimum atomic E-state index is -1.31. The molecule has 1 aliphatic carbocycles. The van der Waals surface area contributed by atoms with E-state index in [0.29, 0.717) is 5.52 Å². The minimum absolute atomic E-state index is 0.0358. The van der Waals surface area contributed by atoms with Gasteiger partial charge in [-0.05, 0) is 18.9 Å². The van der Waals surface area contributed by atoms with Crippen LogP contribution in [0.15, 0.2) is 23.1 Å². The van der Waals surface area contributed by atoms with Crippen LogP contribution in [0.3, 0.4) is 0 Å². The van der Waals surface area contributed by atoms with Crippen molar-refractivity contribution in [3.05, 3.63) is 39.9 Å². The first-order chi connectivity index (χ1) is 9.52. The van der Waals surface area contributed by atoms with Crippen LogP contribution in [0.1, 0.15) is 29.2 Å². The van der Waals surface area contributed by atoms with Crippen LogP contribution >= 0.6 is 0 Å². The lowest BCUT2D eigenvalue weighted by molar-refractivity contribution is 0.0695. The highest BCUT2D eigenvalue weighted by Crippen LogP contribution is 2.39. The number of methoxy groups -OCH3 is 1. The van der Waals surface area contributed by atoms with Gasteiger partial charge in [-0.1, -0.05) is 0 Å². The van der Waals surface area contributed by atoms with Crippen LogP contribution in [0.4, 0.5) is 4.39 Å². The second-order valence-corrected chi connectivity index (χ2v) is 4.82. The number of aromatic nitrogens is 1. The first-order valence-corrected chi connectivity index (χ1v) is 6.18. The van der Waals surface area contributed by atoms with Crippen molar-refractivity contribution in [3.63, 3.8) is 0 Å². The summed E-state index contributed by atoms with van der Waals surface area (Å²) in [4.78, 5) is 23.3. The van der Waals surface area contributed by atoms with E-state index in [1.807, 2.05) is 0 Å². The maximum atomic E-state index is 13.6. The predicted octanol–water partition coefficient (Wildman–Crippen LogP) is 2.18. The molecule has 3 rings (SSSR count). The molecule has 0 atom stereocenters. The Kier molecular flexibility index (Phi) is 2.74. The van der Waals surface area contributed by atoms with Crippen LogP contribution in [0.2, 0.25) is 0 Å². The normalized spacial score (nSPS) is 14.5. The summed E-state index contributed by atoms with van der Waals surface area (Å²) in [5, 5.41) is 9.15. The number of halogens is 1. The third-order valence-corrected chi connectivity index (χ3v) is 3.45. The van der Waals surface area contributed by atoms with E-state index < -0.39 is 17.2 Å². The summed E-state index contributed by atoms with van der Waals surface area (Å²) >= 11 is 0. The number of carbonyl (C=O) groups is 1. The van der Waals surface area contributed by atoms with E-state index in [-0.39, 0.29) is 22.7 Å². The van der Waals surface area contributed by atoms with Crippen molar-refractivity contribution in [1.82, 2.24) is 4.57 Å². The highest BCUT2D eigenvalue weighted by Gasteiger charge is 2.28. The quantitative estimate of drug-likeness (QED) is 0.933. The molecule has 1 N–H and O–H groups in total. The average molecular weight is 277 g/mol. The number of carboxylic acids is 1. The van der Waals surface area contributed by atoms with Crippen molar-refractivity contribution in [2.24, 2.45) is 0 Å². The van der Waals surface area contributed by atoms with E-state index in [9.17, 15) is 14.0 Å². The van der Waals surface area contributed by atoms with E-state index in [1.165, 1.54) is 19.4 Å². The van der Waals surface area contributed by atoms with Gasteiger partial charge in [-0.3, -0.25) is 4.79 Å². The van der Waals surface area contributed by atoms with Gasteiger partial charge in [-0.2, -0.15) is 0 Å². The number of aromatic carboxylic acids is 1. The fourth-order valence-corrected chi connectivity index (χ4v) is 2.37. The van der Waals surface area contributed by atoms with Crippen molar-refractivity contribution in [2.75, 3.05) is 7.11 Å². The van der Waals surface area contributed by atoms with E-state index in [4.69, 9.17) is 9.84 Å². The molecule has 1 aromatic heterocycles. The molecule has 1 heterocycles. The van der Waals surface area contributed by atoms with Crippen LogP contribution in [0.25, 0.3) is 10.9 Å². The third-order valence-electron chi connectivity index (χ3n) is 3.45. The molecule has 0 saturated heterocycles. The number of pyridine rings is 1. The number of ether oxygens (including phenoxy) is 1. The molecule has 1 fully saturated rings. The summed E-state index contributed by atoms with van der Waals surface area (Å²) < 4.78 is 20.4. The molecular weight excluding hydrogens is 265 g/mol. The van der Waals surface area contributed by atoms with Gasteiger partial charge in [0, 0.05) is 18.3 Å². The summed E-state index contributed by atoms with van der Waals surface area (Å²) in [6.07, 6.45) is 3.13. The van der Waals surface area contributed by atoms with Gasteiger partial charge in [0.2, 0.25) is 5.43 Å². The number of carboxylic acid groups (broad SMARTS) is 1. The molecule has 20 heavy (non-hydrogen) atoms. The Bertz CT molecular complexity index is 777. The highest BCUT2D eigenvalue weighted by molar-refractivity contribution is 5.94. The fraction of sp³-hybridized carbons (Fsp3) is 0.286. The number of benzene rings is 1. The largest absolute Gasteiger partial charge is 0.494 e. The number of fused-ring (bicyclic) bond motifs is 1. The monoisotopic (exact) mass is 277 g/mol. The summed E-state index contributed by atoms with van der Waals surface area (Å²) in [7, 11) is 1.39. The van der Waals surface area contributed by atoms with Crippen LogP contribution in [0, 0.1) is 5.82 Å². The Morgan fingerprint density at radius 2 is 2.15 bits per heavy atom. The summed E-state index contributed by atoms with van der Waals surface area (Å²) in [5.41, 5.74) is -0.592. The SMILES string of the molecule is COc1cc(F)cc2c(=O)c(C(=O)O)cn(C3CC3)c12. The van der Waals surface area contributed by atoms with Gasteiger partial charge in [0.1, 0.15) is 17.1 Å².